The number of benzene rings is 2. The summed E-state index contributed by atoms with van der Waals surface area (Å²) in [6.45, 7) is 6.54. The normalized spacial score (nSPS) is 16.2. The summed E-state index contributed by atoms with van der Waals surface area (Å²) in [7, 11) is 0. The predicted molar refractivity (Wildman–Crippen MR) is 175 cm³/mol. The maximum absolute atomic E-state index is 14.3. The highest BCUT2D eigenvalue weighted by molar-refractivity contribution is 6.05. The van der Waals surface area contributed by atoms with Crippen LogP contribution in [0.1, 0.15) is 66.7 Å². The Morgan fingerprint density at radius 3 is 2.29 bits per heavy atom. The number of halogens is 4. The van der Waals surface area contributed by atoms with Crippen molar-refractivity contribution >= 4 is 29.5 Å². The van der Waals surface area contributed by atoms with Gasteiger partial charge in [-0.05, 0) is 63.6 Å². The maximum Gasteiger partial charge on any atom is 0.433 e. The van der Waals surface area contributed by atoms with Crippen molar-refractivity contribution in [2.75, 3.05) is 11.4 Å². The number of alkyl halides is 3. The van der Waals surface area contributed by atoms with Crippen LogP contribution in [0.3, 0.4) is 0 Å². The van der Waals surface area contributed by atoms with Crippen LogP contribution in [0, 0.1) is 5.82 Å². The van der Waals surface area contributed by atoms with Gasteiger partial charge in [0.1, 0.15) is 29.0 Å². The molecule has 2 N–H and O–H groups in total. The first-order valence-corrected chi connectivity index (χ1v) is 15.7. The monoisotopic (exact) mass is 707 g/mol. The van der Waals surface area contributed by atoms with Crippen molar-refractivity contribution in [2.24, 2.45) is 0 Å². The molecule has 3 heterocycles. The summed E-state index contributed by atoms with van der Waals surface area (Å²) in [6.07, 6.45) is -2.12. The summed E-state index contributed by atoms with van der Waals surface area (Å²) in [5.41, 5.74) is -0.644. The zero-order valence-electron chi connectivity index (χ0n) is 27.9. The zero-order chi connectivity index (χ0) is 37.1. The van der Waals surface area contributed by atoms with Crippen LogP contribution in [0.25, 0.3) is 5.69 Å². The number of rotatable bonds is 9. The molecule has 0 unspecified atom stereocenters. The van der Waals surface area contributed by atoms with Gasteiger partial charge in [0.05, 0.1) is 17.9 Å². The van der Waals surface area contributed by atoms with Gasteiger partial charge in [0, 0.05) is 36.4 Å². The van der Waals surface area contributed by atoms with E-state index in [2.05, 4.69) is 20.6 Å². The summed E-state index contributed by atoms with van der Waals surface area (Å²) < 4.78 is 61.1. The highest BCUT2D eigenvalue weighted by Gasteiger charge is 2.46. The number of aromatic nitrogens is 4. The van der Waals surface area contributed by atoms with Crippen LogP contribution in [-0.2, 0) is 31.8 Å². The number of nitrogens with zero attached hydrogens (tertiary/aromatic N) is 5. The lowest BCUT2D eigenvalue weighted by atomic mass is 9.81. The SMILES string of the molecule is CCN1C(=O)[C@@H](NC(=O)c2nccc(C(F)(F)F)n2)[C@@H](c2ccc(F)cc2)c2c(CNC(=O)/C=C/C(=O)OC(C)(C)C)nn(-c3ccccc3)c21. The second-order valence-corrected chi connectivity index (χ2v) is 12.3. The first-order valence-electron chi connectivity index (χ1n) is 15.7. The Labute approximate surface area is 289 Å². The van der Waals surface area contributed by atoms with Gasteiger partial charge in [0.15, 0.2) is 0 Å². The van der Waals surface area contributed by atoms with E-state index in [1.165, 1.54) is 21.7 Å². The summed E-state index contributed by atoms with van der Waals surface area (Å²) in [4.78, 5) is 61.2. The maximum atomic E-state index is 14.3. The molecule has 3 amide bonds. The van der Waals surface area contributed by atoms with Gasteiger partial charge >= 0.3 is 12.1 Å². The molecule has 2 aromatic carbocycles. The van der Waals surface area contributed by atoms with E-state index in [1.54, 1.807) is 58.0 Å². The number of likely N-dealkylation sites (N-methyl/N-ethyl adjacent to an activating group) is 1. The molecule has 0 spiro atoms. The van der Waals surface area contributed by atoms with E-state index in [4.69, 9.17) is 9.84 Å². The Hall–Kier alpha value is -5.93. The van der Waals surface area contributed by atoms with Crippen molar-refractivity contribution < 1.29 is 41.5 Å². The number of carbonyl (C=O) groups excluding carboxylic acids is 4. The number of esters is 1. The third kappa shape index (κ3) is 8.28. The number of hydrogen-bond donors (Lipinski definition) is 2. The van der Waals surface area contributed by atoms with Crippen LogP contribution in [0.2, 0.25) is 0 Å². The first-order chi connectivity index (χ1) is 24.1. The van der Waals surface area contributed by atoms with Crippen LogP contribution in [-0.4, -0.2) is 61.6 Å². The third-order valence-corrected chi connectivity index (χ3v) is 7.59. The van der Waals surface area contributed by atoms with E-state index in [-0.39, 0.29) is 24.6 Å². The minimum absolute atomic E-state index is 0.0668. The largest absolute Gasteiger partial charge is 0.457 e. The van der Waals surface area contributed by atoms with Crippen molar-refractivity contribution in [3.8, 4) is 5.69 Å². The van der Waals surface area contributed by atoms with E-state index < -0.39 is 64.8 Å². The van der Waals surface area contributed by atoms with E-state index in [1.807, 2.05) is 0 Å². The molecule has 0 radical (unpaired) electrons. The standard InChI is InChI=1S/C35H33F4N7O5/c1-5-45-32-28(23(44-46(32)22-9-7-6-8-10-22)19-41-25(47)15-16-26(48)51-34(2,3)4)27(20-11-13-21(36)14-12-20)29(33(45)50)43-31(49)30-40-18-17-24(42-30)35(37,38)39/h6-18,27,29H,5,19H2,1-4H3,(H,41,47)(H,43,49)/b16-15+/t27-,29-/m0/s1. The second-order valence-electron chi connectivity index (χ2n) is 12.3. The summed E-state index contributed by atoms with van der Waals surface area (Å²) in [5, 5.41) is 9.96. The predicted octanol–water partition coefficient (Wildman–Crippen LogP) is 4.63. The molecule has 1 aliphatic heterocycles. The highest BCUT2D eigenvalue weighted by atomic mass is 19.4. The molecular weight excluding hydrogens is 674 g/mol. The van der Waals surface area contributed by atoms with Crippen LogP contribution < -0.4 is 15.5 Å². The molecule has 0 aliphatic carbocycles. The van der Waals surface area contributed by atoms with Crippen molar-refractivity contribution in [1.82, 2.24) is 30.4 Å². The second kappa shape index (κ2) is 14.5. The van der Waals surface area contributed by atoms with Gasteiger partial charge in [-0.25, -0.2) is 23.8 Å². The van der Waals surface area contributed by atoms with Crippen molar-refractivity contribution in [3.05, 3.63) is 113 Å². The molecule has 0 bridgehead atoms. The number of amides is 3. The van der Waals surface area contributed by atoms with E-state index >= 15 is 0 Å². The van der Waals surface area contributed by atoms with Crippen LogP contribution >= 0.6 is 0 Å². The number of ether oxygens (including phenoxy) is 1. The lowest BCUT2D eigenvalue weighted by Crippen LogP contribution is -2.55. The lowest BCUT2D eigenvalue weighted by molar-refractivity contribution is -0.148. The fraction of sp³-hybridized carbons (Fsp3) is 0.286. The Morgan fingerprint density at radius 2 is 1.67 bits per heavy atom. The highest BCUT2D eigenvalue weighted by Crippen LogP contribution is 2.43. The molecule has 12 nitrogen and oxygen atoms in total. The average Bonchev–Trinajstić information content (AvgIpc) is 3.45. The molecular formula is C35H33F4N7O5. The number of hydrogen-bond acceptors (Lipinski definition) is 8. The fourth-order valence-electron chi connectivity index (χ4n) is 5.53. The van der Waals surface area contributed by atoms with E-state index in [0.29, 0.717) is 22.9 Å². The zero-order valence-corrected chi connectivity index (χ0v) is 27.9. The van der Waals surface area contributed by atoms with Gasteiger partial charge in [-0.1, -0.05) is 30.3 Å². The molecule has 51 heavy (non-hydrogen) atoms. The molecule has 0 saturated carbocycles. The van der Waals surface area contributed by atoms with Crippen molar-refractivity contribution in [3.63, 3.8) is 0 Å². The van der Waals surface area contributed by atoms with Gasteiger partial charge in [-0.2, -0.15) is 18.3 Å². The Kier molecular flexibility index (Phi) is 10.3. The first kappa shape index (κ1) is 36.4. The van der Waals surface area contributed by atoms with Crippen molar-refractivity contribution in [2.45, 2.75) is 58.0 Å². The topological polar surface area (TPSA) is 148 Å². The summed E-state index contributed by atoms with van der Waals surface area (Å²) >= 11 is 0. The van der Waals surface area contributed by atoms with Crippen molar-refractivity contribution in [1.29, 1.82) is 0 Å². The Bertz CT molecular complexity index is 1970. The number of nitrogens with one attached hydrogen (secondary N) is 2. The minimum atomic E-state index is -4.86. The molecule has 266 valence electrons. The van der Waals surface area contributed by atoms with Gasteiger partial charge in [-0.15, -0.1) is 0 Å². The van der Waals surface area contributed by atoms with Gasteiger partial charge in [-0.3, -0.25) is 19.3 Å². The lowest BCUT2D eigenvalue weighted by Gasteiger charge is -2.38. The Balaban J connectivity index is 1.62. The summed E-state index contributed by atoms with van der Waals surface area (Å²) in [6, 6.07) is 13.0. The fourth-order valence-corrected chi connectivity index (χ4v) is 5.53. The van der Waals surface area contributed by atoms with Crippen LogP contribution in [0.5, 0.6) is 0 Å². The molecule has 0 saturated heterocycles. The molecule has 16 heteroatoms. The molecule has 1 aliphatic rings. The molecule has 2 atom stereocenters. The number of carbonyl (C=O) groups is 4. The molecule has 2 aromatic heterocycles. The smallest absolute Gasteiger partial charge is 0.433 e. The minimum Gasteiger partial charge on any atom is -0.457 e. The number of para-hydroxylation sites is 1. The van der Waals surface area contributed by atoms with Gasteiger partial charge in [0.2, 0.25) is 11.7 Å². The average molecular weight is 708 g/mol. The van der Waals surface area contributed by atoms with E-state index in [9.17, 15) is 36.7 Å². The molecule has 0 fully saturated rings. The third-order valence-electron chi connectivity index (χ3n) is 7.59. The number of fused-ring (bicyclic) bond motifs is 1. The Morgan fingerprint density at radius 1 is 0.980 bits per heavy atom. The van der Waals surface area contributed by atoms with Gasteiger partial charge < -0.3 is 15.4 Å². The van der Waals surface area contributed by atoms with Crippen LogP contribution in [0.4, 0.5) is 23.4 Å². The van der Waals surface area contributed by atoms with E-state index in [0.717, 1.165) is 30.5 Å². The quantitative estimate of drug-likeness (QED) is 0.145. The summed E-state index contributed by atoms with van der Waals surface area (Å²) in [5.74, 6) is -5.43. The van der Waals surface area contributed by atoms with Gasteiger partial charge in [0.25, 0.3) is 11.8 Å². The number of anilines is 1. The molecule has 4 aromatic rings. The molecule has 5 rings (SSSR count). The van der Waals surface area contributed by atoms with Crippen LogP contribution in [0.15, 0.2) is 79.0 Å².